The number of rotatable bonds is 6. The molecule has 0 radical (unpaired) electrons. The highest BCUT2D eigenvalue weighted by Gasteiger charge is 2.43. The number of nitrogens with zero attached hydrogens (tertiary/aromatic N) is 4. The molecular formula is C25H23N5O2S. The predicted molar refractivity (Wildman–Crippen MR) is 131 cm³/mol. The van der Waals surface area contributed by atoms with Gasteiger partial charge in [0.1, 0.15) is 17.5 Å². The first-order valence-electron chi connectivity index (χ1n) is 10.5. The molecular weight excluding hydrogens is 434 g/mol. The zero-order valence-electron chi connectivity index (χ0n) is 18.3. The minimum Gasteiger partial charge on any atom is -0.497 e. The van der Waals surface area contributed by atoms with Gasteiger partial charge in [0.15, 0.2) is 5.11 Å². The fourth-order valence-electron chi connectivity index (χ4n) is 4.27. The smallest absolute Gasteiger partial charge is 0.174 e. The van der Waals surface area contributed by atoms with Gasteiger partial charge in [-0.3, -0.25) is 9.97 Å². The summed E-state index contributed by atoms with van der Waals surface area (Å²) >= 11 is 5.86. The van der Waals surface area contributed by atoms with Crippen LogP contribution < -0.4 is 19.7 Å². The fourth-order valence-corrected chi connectivity index (χ4v) is 4.61. The number of hydrogen-bond acceptors (Lipinski definition) is 5. The van der Waals surface area contributed by atoms with Gasteiger partial charge in [-0.25, -0.2) is 0 Å². The first-order chi connectivity index (χ1) is 16.2. The first-order valence-corrected chi connectivity index (χ1v) is 10.9. The second kappa shape index (κ2) is 8.91. The van der Waals surface area contributed by atoms with E-state index in [1.807, 2.05) is 60.8 Å². The van der Waals surface area contributed by atoms with Crippen molar-refractivity contribution in [3.05, 3.63) is 96.8 Å². The molecule has 3 aromatic heterocycles. The maximum atomic E-state index is 5.86. The molecule has 166 valence electrons. The molecule has 4 aromatic rings. The Morgan fingerprint density at radius 1 is 0.939 bits per heavy atom. The molecule has 1 N–H and O–H groups in total. The van der Waals surface area contributed by atoms with Gasteiger partial charge in [0.2, 0.25) is 0 Å². The number of anilines is 1. The van der Waals surface area contributed by atoms with E-state index in [2.05, 4.69) is 30.8 Å². The molecule has 0 aliphatic carbocycles. The lowest BCUT2D eigenvalue weighted by atomic mass is 10.0. The molecule has 0 unspecified atom stereocenters. The van der Waals surface area contributed by atoms with E-state index in [1.165, 1.54) is 0 Å². The van der Waals surface area contributed by atoms with Crippen molar-refractivity contribution in [1.82, 2.24) is 19.9 Å². The Bertz CT molecular complexity index is 1260. The van der Waals surface area contributed by atoms with Crippen LogP contribution in [0.5, 0.6) is 11.5 Å². The summed E-state index contributed by atoms with van der Waals surface area (Å²) < 4.78 is 13.3. The van der Waals surface area contributed by atoms with Crippen LogP contribution in [0.4, 0.5) is 5.69 Å². The third-order valence-electron chi connectivity index (χ3n) is 5.77. The fraction of sp³-hybridized carbons (Fsp3) is 0.160. The lowest BCUT2D eigenvalue weighted by Crippen LogP contribution is -2.30. The lowest BCUT2D eigenvalue weighted by molar-refractivity contribution is 0.394. The van der Waals surface area contributed by atoms with E-state index in [4.69, 9.17) is 21.7 Å². The Hall–Kier alpha value is -3.91. The molecule has 1 aliphatic heterocycles. The van der Waals surface area contributed by atoms with E-state index in [0.29, 0.717) is 16.6 Å². The largest absolute Gasteiger partial charge is 0.497 e. The maximum absolute atomic E-state index is 5.86. The van der Waals surface area contributed by atoms with Crippen molar-refractivity contribution in [1.29, 1.82) is 0 Å². The highest BCUT2D eigenvalue weighted by molar-refractivity contribution is 7.80. The maximum Gasteiger partial charge on any atom is 0.174 e. The van der Waals surface area contributed by atoms with Crippen molar-refractivity contribution < 1.29 is 9.47 Å². The summed E-state index contributed by atoms with van der Waals surface area (Å²) in [6.45, 7) is 0. The Morgan fingerprint density at radius 2 is 1.79 bits per heavy atom. The average Bonchev–Trinajstić information content (AvgIpc) is 3.49. The summed E-state index contributed by atoms with van der Waals surface area (Å²) in [5.41, 5.74) is 3.83. The van der Waals surface area contributed by atoms with Gasteiger partial charge in [-0.05, 0) is 60.7 Å². The molecule has 1 aliphatic rings. The molecule has 0 amide bonds. The number of aromatic nitrogens is 3. The number of pyridine rings is 2. The molecule has 1 aromatic carbocycles. The summed E-state index contributed by atoms with van der Waals surface area (Å²) in [7, 11) is 3.29. The Morgan fingerprint density at radius 3 is 2.52 bits per heavy atom. The van der Waals surface area contributed by atoms with Crippen molar-refractivity contribution in [2.24, 2.45) is 0 Å². The van der Waals surface area contributed by atoms with Gasteiger partial charge in [0.25, 0.3) is 0 Å². The zero-order chi connectivity index (χ0) is 22.8. The van der Waals surface area contributed by atoms with E-state index < -0.39 is 0 Å². The molecule has 8 heteroatoms. The van der Waals surface area contributed by atoms with Crippen LogP contribution in [0.1, 0.15) is 23.5 Å². The van der Waals surface area contributed by atoms with Gasteiger partial charge in [0.05, 0.1) is 31.6 Å². The summed E-state index contributed by atoms with van der Waals surface area (Å²) in [5, 5.41) is 4.10. The van der Waals surface area contributed by atoms with Crippen LogP contribution in [-0.4, -0.2) is 33.9 Å². The summed E-state index contributed by atoms with van der Waals surface area (Å²) in [6, 6.07) is 19.4. The van der Waals surface area contributed by atoms with Crippen LogP contribution in [0.15, 0.2) is 85.5 Å². The van der Waals surface area contributed by atoms with Crippen molar-refractivity contribution >= 4 is 23.0 Å². The van der Waals surface area contributed by atoms with Crippen LogP contribution in [0.2, 0.25) is 0 Å². The Labute approximate surface area is 197 Å². The molecule has 1 fully saturated rings. The summed E-state index contributed by atoms with van der Waals surface area (Å²) in [5.74, 6) is 1.39. The van der Waals surface area contributed by atoms with Crippen LogP contribution >= 0.6 is 12.2 Å². The lowest BCUT2D eigenvalue weighted by Gasteiger charge is -2.30. The highest BCUT2D eigenvalue weighted by atomic mass is 32.1. The normalized spacial score (nSPS) is 17.6. The number of ether oxygens (including phenoxy) is 2. The quantitative estimate of drug-likeness (QED) is 0.429. The van der Waals surface area contributed by atoms with E-state index in [9.17, 15) is 0 Å². The van der Waals surface area contributed by atoms with Gasteiger partial charge in [0, 0.05) is 42.2 Å². The second-order valence-corrected chi connectivity index (χ2v) is 7.93. The highest BCUT2D eigenvalue weighted by Crippen LogP contribution is 2.45. The van der Waals surface area contributed by atoms with Crippen molar-refractivity contribution in [3.8, 4) is 17.2 Å². The van der Waals surface area contributed by atoms with Gasteiger partial charge >= 0.3 is 0 Å². The third-order valence-corrected chi connectivity index (χ3v) is 6.08. The summed E-state index contributed by atoms with van der Waals surface area (Å²) in [6.07, 6.45) is 7.43. The standard InChI is InChI=1S/C25H23N5O2S/c1-31-18-8-9-20(22(16-18)32-2)30-24(23(28-25(30)33)19-6-3-4-12-27-19)21-7-5-15-29(21)17-10-13-26-14-11-17/h3-16,23-24H,1-2H3,(H,28,33)/t23-,24-/m0/s1. The average molecular weight is 458 g/mol. The van der Waals surface area contributed by atoms with Gasteiger partial charge in [-0.1, -0.05) is 6.07 Å². The van der Waals surface area contributed by atoms with Crippen molar-refractivity contribution in [3.63, 3.8) is 0 Å². The molecule has 7 nitrogen and oxygen atoms in total. The molecule has 0 saturated carbocycles. The van der Waals surface area contributed by atoms with E-state index >= 15 is 0 Å². The Kier molecular flexibility index (Phi) is 5.66. The van der Waals surface area contributed by atoms with Gasteiger partial charge in [-0.2, -0.15) is 0 Å². The van der Waals surface area contributed by atoms with Gasteiger partial charge < -0.3 is 24.3 Å². The first kappa shape index (κ1) is 21.0. The van der Waals surface area contributed by atoms with Crippen molar-refractivity contribution in [2.75, 3.05) is 19.1 Å². The minimum absolute atomic E-state index is 0.166. The van der Waals surface area contributed by atoms with Crippen LogP contribution in [0.3, 0.4) is 0 Å². The molecule has 33 heavy (non-hydrogen) atoms. The van der Waals surface area contributed by atoms with E-state index in [-0.39, 0.29) is 12.1 Å². The van der Waals surface area contributed by atoms with E-state index in [1.54, 1.807) is 32.8 Å². The number of hydrogen-bond donors (Lipinski definition) is 1. The van der Waals surface area contributed by atoms with E-state index in [0.717, 1.165) is 22.8 Å². The molecule has 4 heterocycles. The predicted octanol–water partition coefficient (Wildman–Crippen LogP) is 4.46. The van der Waals surface area contributed by atoms with Gasteiger partial charge in [-0.15, -0.1) is 0 Å². The number of nitrogens with one attached hydrogen (secondary N) is 1. The SMILES string of the molecule is COc1ccc(N2C(=S)N[C@@H](c3ccccn3)[C@@H]2c2cccn2-c2ccncc2)c(OC)c1. The topological polar surface area (TPSA) is 64.4 Å². The van der Waals surface area contributed by atoms with Crippen molar-refractivity contribution in [2.45, 2.75) is 12.1 Å². The molecule has 0 spiro atoms. The molecule has 1 saturated heterocycles. The molecule has 0 bridgehead atoms. The second-order valence-electron chi connectivity index (χ2n) is 7.54. The number of thiocarbonyl (C=S) groups is 1. The monoisotopic (exact) mass is 457 g/mol. The van der Waals surface area contributed by atoms with Crippen LogP contribution in [0.25, 0.3) is 5.69 Å². The number of methoxy groups -OCH3 is 2. The van der Waals surface area contributed by atoms with Crippen LogP contribution in [0, 0.1) is 0 Å². The zero-order valence-corrected chi connectivity index (χ0v) is 19.1. The molecule has 2 atom stereocenters. The summed E-state index contributed by atoms with van der Waals surface area (Å²) in [4.78, 5) is 10.9. The number of benzene rings is 1. The van der Waals surface area contributed by atoms with Crippen LogP contribution in [-0.2, 0) is 0 Å². The molecule has 5 rings (SSSR count). The Balaban J connectivity index is 1.69. The third kappa shape index (κ3) is 3.78. The minimum atomic E-state index is -0.183.